The number of anilines is 1. The lowest BCUT2D eigenvalue weighted by Gasteiger charge is -2.26. The third-order valence-corrected chi connectivity index (χ3v) is 7.46. The predicted octanol–water partition coefficient (Wildman–Crippen LogP) is 1.27. The average Bonchev–Trinajstić information content (AvgIpc) is 3.48. The van der Waals surface area contributed by atoms with Crippen LogP contribution < -0.4 is 25.6 Å². The molecule has 1 aromatic carbocycles. The minimum absolute atomic E-state index is 0.00484. The highest BCUT2D eigenvalue weighted by molar-refractivity contribution is 7.34. The zero-order chi connectivity index (χ0) is 28.9. The van der Waals surface area contributed by atoms with E-state index in [1.807, 2.05) is 0 Å². The van der Waals surface area contributed by atoms with Crippen molar-refractivity contribution in [3.8, 4) is 11.5 Å². The third kappa shape index (κ3) is 5.87. The summed E-state index contributed by atoms with van der Waals surface area (Å²) < 4.78 is 27.1. The fourth-order valence-electron chi connectivity index (χ4n) is 4.58. The summed E-state index contributed by atoms with van der Waals surface area (Å²) in [6.07, 6.45) is -1.62. The van der Waals surface area contributed by atoms with E-state index in [-0.39, 0.29) is 23.9 Å². The number of aromatic nitrogens is 2. The number of para-hydroxylation sites is 2. The van der Waals surface area contributed by atoms with Gasteiger partial charge in [-0.15, -0.1) is 0 Å². The Morgan fingerprint density at radius 1 is 1.32 bits per heavy atom. The number of aliphatic hydroxyl groups excluding tert-OH is 2. The van der Waals surface area contributed by atoms with E-state index >= 15 is 0 Å². The van der Waals surface area contributed by atoms with E-state index in [2.05, 4.69) is 19.8 Å². The summed E-state index contributed by atoms with van der Waals surface area (Å²) in [6, 6.07) is 7.32. The number of hydrogen-bond acceptors (Lipinski definition) is 13. The first-order valence-corrected chi connectivity index (χ1v) is 13.5. The Kier molecular flexibility index (Phi) is 8.88. The van der Waals surface area contributed by atoms with Crippen molar-refractivity contribution >= 4 is 20.0 Å². The van der Waals surface area contributed by atoms with E-state index in [9.17, 15) is 30.2 Å². The van der Waals surface area contributed by atoms with Gasteiger partial charge in [0.1, 0.15) is 24.6 Å². The summed E-state index contributed by atoms with van der Waals surface area (Å²) in [5.74, 6) is -0.646. The van der Waals surface area contributed by atoms with Crippen LogP contribution in [0.25, 0.3) is 10.4 Å². The molecule has 2 aromatic rings. The van der Waals surface area contributed by atoms with Gasteiger partial charge in [0.2, 0.25) is 17.0 Å². The van der Waals surface area contributed by atoms with Crippen LogP contribution in [-0.4, -0.2) is 62.4 Å². The fourth-order valence-corrected chi connectivity index (χ4v) is 5.53. The lowest BCUT2D eigenvalue weighted by atomic mass is 10.00. The van der Waals surface area contributed by atoms with Crippen LogP contribution >= 0.6 is 8.17 Å². The van der Waals surface area contributed by atoms with Crippen molar-refractivity contribution in [1.29, 1.82) is 0 Å². The van der Waals surface area contributed by atoms with E-state index in [0.717, 1.165) is 17.4 Å². The minimum Gasteiger partial charge on any atom is -0.575 e. The molecule has 5 atom stereocenters. The van der Waals surface area contributed by atoms with Crippen molar-refractivity contribution in [2.24, 2.45) is 9.86 Å². The third-order valence-electron chi connectivity index (χ3n) is 6.56. The molecular formula is C23H28N7O9P. The normalized spacial score (nSPS) is 25.7. The number of rotatable bonds is 10. The van der Waals surface area contributed by atoms with Crippen molar-refractivity contribution < 1.29 is 38.6 Å². The molecule has 2 fully saturated rings. The second kappa shape index (κ2) is 12.2. The molecule has 1 aromatic heterocycles. The fraction of sp³-hybridized carbons (Fsp3) is 0.522. The predicted molar refractivity (Wildman–Crippen MR) is 137 cm³/mol. The van der Waals surface area contributed by atoms with Gasteiger partial charge in [-0.05, 0) is 43.5 Å². The second-order valence-corrected chi connectivity index (χ2v) is 10.0. The van der Waals surface area contributed by atoms with Gasteiger partial charge in [-0.25, -0.2) is 9.59 Å². The first-order chi connectivity index (χ1) is 19.1. The van der Waals surface area contributed by atoms with E-state index in [0.29, 0.717) is 12.8 Å². The number of nitrogens with zero attached hydrogens (tertiary/aromatic N) is 6. The van der Waals surface area contributed by atoms with Crippen LogP contribution in [0.15, 0.2) is 51.2 Å². The zero-order valence-electron chi connectivity index (χ0n) is 21.4. The summed E-state index contributed by atoms with van der Waals surface area (Å²) in [4.78, 5) is 44.0. The summed E-state index contributed by atoms with van der Waals surface area (Å²) >= 11 is 0. The average molecular weight is 577 g/mol. The molecule has 1 saturated heterocycles. The molecule has 17 heteroatoms. The quantitative estimate of drug-likeness (QED) is 0.119. The number of ether oxygens (including phenoxy) is 3. The van der Waals surface area contributed by atoms with Crippen LogP contribution in [0.5, 0.6) is 11.5 Å². The van der Waals surface area contributed by atoms with Crippen molar-refractivity contribution in [3.05, 3.63) is 57.5 Å². The van der Waals surface area contributed by atoms with Gasteiger partial charge in [0, 0.05) is 11.1 Å². The van der Waals surface area contributed by atoms with Crippen molar-refractivity contribution in [2.75, 3.05) is 18.9 Å². The molecule has 16 nitrogen and oxygen atoms in total. The van der Waals surface area contributed by atoms with E-state index in [1.165, 1.54) is 24.4 Å². The lowest BCUT2D eigenvalue weighted by molar-refractivity contribution is -0.171. The van der Waals surface area contributed by atoms with Gasteiger partial charge in [0.15, 0.2) is 12.0 Å². The van der Waals surface area contributed by atoms with E-state index < -0.39 is 56.1 Å². The molecule has 0 radical (unpaired) electrons. The number of nitrogens with two attached hydrogens (primary N) is 1. The molecule has 2 aliphatic rings. The molecular weight excluding hydrogens is 549 g/mol. The Bertz CT molecular complexity index is 1380. The maximum absolute atomic E-state index is 12.9. The molecule has 1 aliphatic heterocycles. The van der Waals surface area contributed by atoms with Crippen LogP contribution in [0.4, 0.5) is 5.82 Å². The summed E-state index contributed by atoms with van der Waals surface area (Å²) in [6.45, 7) is 1.18. The first-order valence-electron chi connectivity index (χ1n) is 12.4. The molecule has 40 heavy (non-hydrogen) atoms. The number of hydrogen-bond donors (Lipinski definition) is 3. The van der Waals surface area contributed by atoms with Gasteiger partial charge < -0.3 is 35.1 Å². The number of benzene rings is 1. The van der Waals surface area contributed by atoms with Gasteiger partial charge in [-0.2, -0.15) is 4.98 Å². The van der Waals surface area contributed by atoms with Crippen LogP contribution in [-0.2, 0) is 14.3 Å². The van der Waals surface area contributed by atoms with E-state index in [1.54, 1.807) is 19.1 Å². The number of carbonyl (C=O) groups is 1. The van der Waals surface area contributed by atoms with Crippen molar-refractivity contribution in [3.63, 3.8) is 0 Å². The lowest BCUT2D eigenvalue weighted by Crippen LogP contribution is -2.46. The van der Waals surface area contributed by atoms with Gasteiger partial charge >= 0.3 is 19.8 Å². The Hall–Kier alpha value is -3.78. The van der Waals surface area contributed by atoms with E-state index in [4.69, 9.17) is 24.5 Å². The van der Waals surface area contributed by atoms with Gasteiger partial charge in [-0.3, -0.25) is 9.09 Å². The van der Waals surface area contributed by atoms with Crippen molar-refractivity contribution in [1.82, 2.24) is 9.55 Å². The van der Waals surface area contributed by atoms with Crippen molar-refractivity contribution in [2.45, 2.75) is 62.3 Å². The largest absolute Gasteiger partial charge is 0.575 e. The molecule has 4 N–H and O–H groups in total. The number of azide groups is 1. The summed E-state index contributed by atoms with van der Waals surface area (Å²) in [5, 5.41) is 24.9. The molecule has 0 amide bonds. The molecule has 2 heterocycles. The maximum atomic E-state index is 12.9. The Labute approximate surface area is 228 Å². The zero-order valence-corrected chi connectivity index (χ0v) is 22.3. The number of nitrogen functional groups attached to an aromatic ring is 1. The Morgan fingerprint density at radius 3 is 2.67 bits per heavy atom. The molecule has 1 aliphatic carbocycles. The number of esters is 1. The molecule has 1 unspecified atom stereocenters. The monoisotopic (exact) mass is 577 g/mol. The SMILES string of the molecule is CCOC(=O)C1(N=[P+]([O-])Oc2ccccc2OC[C@@]2(N=[N+]=[N-])O[C@@H](n3ccc(N)nc3=O)[C@H](O)[C@@H]2O)CCCC1. The Morgan fingerprint density at radius 2 is 2.02 bits per heavy atom. The van der Waals surface area contributed by atoms with Gasteiger partial charge in [0.05, 0.1) is 6.61 Å². The highest BCUT2D eigenvalue weighted by atomic mass is 31.1. The molecule has 0 spiro atoms. The molecule has 0 bridgehead atoms. The van der Waals surface area contributed by atoms with Crippen LogP contribution in [0.3, 0.4) is 0 Å². The molecule has 4 rings (SSSR count). The van der Waals surface area contributed by atoms with Crippen LogP contribution in [0.1, 0.15) is 38.8 Å². The number of carbonyl (C=O) groups excluding carboxylic acids is 1. The van der Waals surface area contributed by atoms with Gasteiger partial charge in [-0.1, -0.05) is 34.8 Å². The highest BCUT2D eigenvalue weighted by Gasteiger charge is 2.56. The summed E-state index contributed by atoms with van der Waals surface area (Å²) in [7, 11) is -2.74. The molecule has 214 valence electrons. The Balaban J connectivity index is 1.56. The topological polar surface area (TPSA) is 240 Å². The first kappa shape index (κ1) is 29.2. The maximum Gasteiger partial charge on any atom is 0.395 e. The standard InChI is InChI=1S/C23H28N7O9P/c1-2-36-20(33)22(10-5-6-11-22)28-40(35)39-15-8-4-3-7-14(15)37-13-23(27-29-25)18(32)17(31)19(38-23)30-12-9-16(24)26-21(30)34/h3-4,7-9,12,17-19,31-32H,2,5-6,10-11,13H2,1H3,(H2,24,26,34)/t17-,18+,19-,23-/m1/s1. The van der Waals surface area contributed by atoms with Gasteiger partial charge in [0.25, 0.3) is 0 Å². The van der Waals surface area contributed by atoms with Crippen LogP contribution in [0.2, 0.25) is 0 Å². The highest BCUT2D eigenvalue weighted by Crippen LogP contribution is 2.42. The second-order valence-electron chi connectivity index (χ2n) is 9.14. The minimum atomic E-state index is -2.74. The van der Waals surface area contributed by atoms with Crippen LogP contribution in [0, 0.1) is 0 Å². The smallest absolute Gasteiger partial charge is 0.395 e. The number of aliphatic hydroxyl groups is 2. The molecule has 1 saturated carbocycles. The summed E-state index contributed by atoms with van der Waals surface area (Å²) in [5.41, 5.74) is 10.4.